The van der Waals surface area contributed by atoms with Crippen LogP contribution in [-0.2, 0) is 4.79 Å². The highest BCUT2D eigenvalue weighted by Gasteiger charge is 2.00. The van der Waals surface area contributed by atoms with Crippen LogP contribution in [-0.4, -0.2) is 24.3 Å². The maximum absolute atomic E-state index is 9.76. The summed E-state index contributed by atoms with van der Waals surface area (Å²) in [7, 11) is 0. The second-order valence-corrected chi connectivity index (χ2v) is 1.79. The minimum Gasteiger partial charge on any atom is -0.370 e. The number of carbonyl (C=O) groups excluding carboxylic acids is 1. The van der Waals surface area contributed by atoms with Crippen molar-refractivity contribution < 1.29 is 4.79 Å². The van der Waals surface area contributed by atoms with Gasteiger partial charge in [-0.3, -0.25) is 4.79 Å². The topological polar surface area (TPSA) is 20.3 Å². The number of nitrogens with zero attached hydrogens (tertiary/aromatic N) is 1. The Morgan fingerprint density at radius 2 is 2.62 bits per heavy atom. The first-order chi connectivity index (χ1) is 3.93. The molecule has 0 aromatic heterocycles. The predicted molar refractivity (Wildman–Crippen MR) is 31.0 cm³/mol. The third-order valence-electron chi connectivity index (χ3n) is 1.17. The molecular formula is C6H8NO. The van der Waals surface area contributed by atoms with E-state index in [1.54, 1.807) is 0 Å². The Morgan fingerprint density at radius 1 is 1.75 bits per heavy atom. The molecule has 1 radical (unpaired) electrons. The lowest BCUT2D eigenvalue weighted by molar-refractivity contribution is 0.443. The summed E-state index contributed by atoms with van der Waals surface area (Å²) in [5, 5.41) is 0. The van der Waals surface area contributed by atoms with E-state index >= 15 is 0 Å². The Morgan fingerprint density at radius 3 is 3.12 bits per heavy atom. The van der Waals surface area contributed by atoms with Crippen LogP contribution in [0, 0.1) is 0 Å². The van der Waals surface area contributed by atoms with E-state index in [9.17, 15) is 4.79 Å². The molecule has 2 nitrogen and oxygen atoms in total. The fourth-order valence-corrected chi connectivity index (χ4v) is 0.753. The molecule has 1 rings (SSSR count). The Balaban J connectivity index is 2.25. The Labute approximate surface area is 48.8 Å². The molecule has 0 amide bonds. The SMILES string of the molecule is O=[C]CN1C=CCC1. The summed E-state index contributed by atoms with van der Waals surface area (Å²) < 4.78 is 0. The normalized spacial score (nSPS) is 17.2. The zero-order valence-electron chi connectivity index (χ0n) is 4.63. The van der Waals surface area contributed by atoms with Crippen molar-refractivity contribution in [1.29, 1.82) is 0 Å². The first-order valence-electron chi connectivity index (χ1n) is 2.69. The summed E-state index contributed by atoms with van der Waals surface area (Å²) in [5.41, 5.74) is 0. The fraction of sp³-hybridized carbons (Fsp3) is 0.500. The lowest BCUT2D eigenvalue weighted by atomic mass is 10.5. The predicted octanol–water partition coefficient (Wildman–Crippen LogP) is 0.316. The van der Waals surface area contributed by atoms with Crippen LogP contribution in [0.25, 0.3) is 0 Å². The van der Waals surface area contributed by atoms with Crippen molar-refractivity contribution in [2.75, 3.05) is 13.1 Å². The van der Waals surface area contributed by atoms with Gasteiger partial charge in [-0.25, -0.2) is 0 Å². The Bertz CT molecular complexity index is 109. The van der Waals surface area contributed by atoms with E-state index in [0.717, 1.165) is 13.0 Å². The molecule has 1 heterocycles. The van der Waals surface area contributed by atoms with Gasteiger partial charge in [0.2, 0.25) is 6.29 Å². The minimum atomic E-state index is 0.427. The molecule has 0 aromatic carbocycles. The van der Waals surface area contributed by atoms with Crippen LogP contribution in [0.1, 0.15) is 6.42 Å². The van der Waals surface area contributed by atoms with Gasteiger partial charge in [-0.15, -0.1) is 0 Å². The molecule has 0 saturated heterocycles. The third-order valence-corrected chi connectivity index (χ3v) is 1.17. The molecule has 0 atom stereocenters. The van der Waals surface area contributed by atoms with Gasteiger partial charge in [0.05, 0.1) is 6.54 Å². The van der Waals surface area contributed by atoms with Crippen molar-refractivity contribution in [3.8, 4) is 0 Å². The van der Waals surface area contributed by atoms with Gasteiger partial charge in [0.1, 0.15) is 0 Å². The van der Waals surface area contributed by atoms with Gasteiger partial charge in [-0.1, -0.05) is 6.08 Å². The quantitative estimate of drug-likeness (QED) is 0.510. The highest BCUT2D eigenvalue weighted by Crippen LogP contribution is 2.00. The van der Waals surface area contributed by atoms with Crippen LogP contribution >= 0.6 is 0 Å². The van der Waals surface area contributed by atoms with E-state index in [1.165, 1.54) is 0 Å². The van der Waals surface area contributed by atoms with Crippen molar-refractivity contribution in [2.45, 2.75) is 6.42 Å². The fourth-order valence-electron chi connectivity index (χ4n) is 0.753. The van der Waals surface area contributed by atoms with Crippen molar-refractivity contribution in [3.63, 3.8) is 0 Å². The summed E-state index contributed by atoms with van der Waals surface area (Å²) >= 11 is 0. The Kier molecular flexibility index (Phi) is 1.67. The first-order valence-corrected chi connectivity index (χ1v) is 2.69. The molecule has 0 unspecified atom stereocenters. The van der Waals surface area contributed by atoms with E-state index in [2.05, 4.69) is 6.08 Å². The summed E-state index contributed by atoms with van der Waals surface area (Å²) in [5.74, 6) is 0. The highest BCUT2D eigenvalue weighted by molar-refractivity contribution is 5.53. The van der Waals surface area contributed by atoms with Crippen molar-refractivity contribution in [3.05, 3.63) is 12.3 Å². The highest BCUT2D eigenvalue weighted by atomic mass is 16.1. The molecule has 0 spiro atoms. The average Bonchev–Trinajstić information content (AvgIpc) is 2.19. The van der Waals surface area contributed by atoms with E-state index in [-0.39, 0.29) is 0 Å². The zero-order valence-corrected chi connectivity index (χ0v) is 4.63. The van der Waals surface area contributed by atoms with Gasteiger partial charge >= 0.3 is 0 Å². The van der Waals surface area contributed by atoms with Gasteiger partial charge < -0.3 is 4.90 Å². The number of hydrogen-bond donors (Lipinski definition) is 0. The maximum Gasteiger partial charge on any atom is 0.219 e. The minimum absolute atomic E-state index is 0.427. The molecular weight excluding hydrogens is 102 g/mol. The van der Waals surface area contributed by atoms with Gasteiger partial charge in [-0.2, -0.15) is 0 Å². The number of rotatable bonds is 2. The third kappa shape index (κ3) is 1.09. The molecule has 0 fully saturated rings. The monoisotopic (exact) mass is 110 g/mol. The second kappa shape index (κ2) is 2.50. The molecule has 0 aromatic rings. The van der Waals surface area contributed by atoms with Crippen LogP contribution in [0.15, 0.2) is 12.3 Å². The molecule has 8 heavy (non-hydrogen) atoms. The molecule has 1 aliphatic heterocycles. The summed E-state index contributed by atoms with van der Waals surface area (Å²) in [6.07, 6.45) is 6.89. The van der Waals surface area contributed by atoms with Crippen molar-refractivity contribution in [1.82, 2.24) is 4.90 Å². The smallest absolute Gasteiger partial charge is 0.219 e. The van der Waals surface area contributed by atoms with Gasteiger partial charge in [-0.05, 0) is 12.6 Å². The van der Waals surface area contributed by atoms with E-state index in [0.29, 0.717) is 6.54 Å². The lowest BCUT2D eigenvalue weighted by Gasteiger charge is -2.07. The summed E-state index contributed by atoms with van der Waals surface area (Å²) in [6.45, 7) is 1.41. The molecule has 1 aliphatic rings. The second-order valence-electron chi connectivity index (χ2n) is 1.79. The van der Waals surface area contributed by atoms with Crippen LogP contribution in [0.4, 0.5) is 0 Å². The zero-order chi connectivity index (χ0) is 5.82. The van der Waals surface area contributed by atoms with E-state index in [1.807, 2.05) is 17.4 Å². The molecule has 0 bridgehead atoms. The van der Waals surface area contributed by atoms with Crippen molar-refractivity contribution >= 4 is 6.29 Å². The van der Waals surface area contributed by atoms with Crippen LogP contribution in [0.5, 0.6) is 0 Å². The van der Waals surface area contributed by atoms with Crippen LogP contribution in [0.3, 0.4) is 0 Å². The molecule has 0 saturated carbocycles. The molecule has 43 valence electrons. The van der Waals surface area contributed by atoms with E-state index < -0.39 is 0 Å². The van der Waals surface area contributed by atoms with Crippen LogP contribution < -0.4 is 0 Å². The molecule has 0 aliphatic carbocycles. The number of hydrogen-bond acceptors (Lipinski definition) is 2. The lowest BCUT2D eigenvalue weighted by Crippen LogP contribution is -2.16. The maximum atomic E-state index is 9.76. The van der Waals surface area contributed by atoms with Gasteiger partial charge in [0.25, 0.3) is 0 Å². The standard InChI is InChI=1S/C6H8NO/c8-6-5-7-3-1-2-4-7/h1,3H,2,4-5H2. The molecule has 2 heteroatoms. The summed E-state index contributed by atoms with van der Waals surface area (Å²) in [6, 6.07) is 0. The molecule has 0 N–H and O–H groups in total. The average molecular weight is 110 g/mol. The van der Waals surface area contributed by atoms with Crippen molar-refractivity contribution in [2.24, 2.45) is 0 Å². The Hall–Kier alpha value is -0.790. The first kappa shape index (κ1) is 5.35. The summed E-state index contributed by atoms with van der Waals surface area (Å²) in [4.78, 5) is 11.7. The van der Waals surface area contributed by atoms with Gasteiger partial charge in [0.15, 0.2) is 0 Å². The largest absolute Gasteiger partial charge is 0.370 e. The van der Waals surface area contributed by atoms with Gasteiger partial charge in [0, 0.05) is 6.54 Å². The van der Waals surface area contributed by atoms with E-state index in [4.69, 9.17) is 0 Å². The van der Waals surface area contributed by atoms with Crippen LogP contribution in [0.2, 0.25) is 0 Å².